The molecule has 0 spiro atoms. The van der Waals surface area contributed by atoms with Crippen molar-refractivity contribution in [1.29, 1.82) is 0 Å². The molecule has 5 nitrogen and oxygen atoms in total. The van der Waals surface area contributed by atoms with Gasteiger partial charge >= 0.3 is 5.97 Å². The molecular weight excluding hydrogens is 303 g/mol. The Kier molecular flexibility index (Phi) is 4.22. The van der Waals surface area contributed by atoms with Crippen molar-refractivity contribution in [2.45, 2.75) is 0 Å². The first kappa shape index (κ1) is 14.3. The van der Waals surface area contributed by atoms with Crippen LogP contribution in [0.5, 0.6) is 0 Å². The topological polar surface area (TPSA) is 79.3 Å². The molecule has 1 aromatic heterocycles. The quantitative estimate of drug-likeness (QED) is 0.852. The van der Waals surface area contributed by atoms with E-state index in [4.69, 9.17) is 28.3 Å². The van der Waals surface area contributed by atoms with Crippen molar-refractivity contribution in [2.24, 2.45) is 0 Å². The summed E-state index contributed by atoms with van der Waals surface area (Å²) in [5, 5.41) is 11.8. The Balaban J connectivity index is 2.24. The minimum absolute atomic E-state index is 0.0939. The summed E-state index contributed by atoms with van der Waals surface area (Å²) in [6.45, 7) is 0. The first-order valence-electron chi connectivity index (χ1n) is 5.44. The van der Waals surface area contributed by atoms with E-state index in [1.54, 1.807) is 12.1 Å². The van der Waals surface area contributed by atoms with Gasteiger partial charge in [-0.15, -0.1) is 0 Å². The number of nitrogens with one attached hydrogen (secondary N) is 1. The number of carboxylic acids is 1. The predicted molar refractivity (Wildman–Crippen MR) is 75.6 cm³/mol. The third kappa shape index (κ3) is 3.26. The van der Waals surface area contributed by atoms with E-state index in [1.807, 2.05) is 0 Å². The number of carboxylic acid groups (broad SMARTS) is 1. The predicted octanol–water partition coefficient (Wildman–Crippen LogP) is 3.34. The number of hydrogen-bond donors (Lipinski definition) is 2. The molecule has 1 amide bonds. The van der Waals surface area contributed by atoms with Crippen molar-refractivity contribution in [1.82, 2.24) is 4.98 Å². The van der Waals surface area contributed by atoms with Crippen molar-refractivity contribution in [3.8, 4) is 0 Å². The number of amides is 1. The molecule has 2 aromatic rings. The lowest BCUT2D eigenvalue weighted by Crippen LogP contribution is -2.14. The number of aromatic nitrogens is 1. The van der Waals surface area contributed by atoms with Crippen LogP contribution < -0.4 is 5.32 Å². The van der Waals surface area contributed by atoms with Crippen LogP contribution in [-0.2, 0) is 0 Å². The van der Waals surface area contributed by atoms with E-state index in [-0.39, 0.29) is 21.4 Å². The summed E-state index contributed by atoms with van der Waals surface area (Å²) in [4.78, 5) is 26.7. The standard InChI is InChI=1S/C13H8Cl2N2O3/c14-9-5-4-7(6-8(9)13(19)20)16-12(18)10-2-1-3-11(15)17-10/h1-6H,(H,16,18)(H,19,20). The first-order valence-corrected chi connectivity index (χ1v) is 6.20. The van der Waals surface area contributed by atoms with Gasteiger partial charge in [-0.2, -0.15) is 0 Å². The van der Waals surface area contributed by atoms with Crippen LogP contribution in [0.3, 0.4) is 0 Å². The Morgan fingerprint density at radius 3 is 2.55 bits per heavy atom. The largest absolute Gasteiger partial charge is 0.478 e. The van der Waals surface area contributed by atoms with Gasteiger partial charge in [0.25, 0.3) is 5.91 Å². The molecule has 0 saturated carbocycles. The molecular formula is C13H8Cl2N2O3. The normalized spacial score (nSPS) is 10.1. The Morgan fingerprint density at radius 2 is 1.90 bits per heavy atom. The fourth-order valence-electron chi connectivity index (χ4n) is 1.50. The van der Waals surface area contributed by atoms with Crippen LogP contribution >= 0.6 is 23.2 Å². The van der Waals surface area contributed by atoms with Crippen molar-refractivity contribution in [3.63, 3.8) is 0 Å². The van der Waals surface area contributed by atoms with Gasteiger partial charge in [0.1, 0.15) is 10.8 Å². The Morgan fingerprint density at radius 1 is 1.15 bits per heavy atom. The van der Waals surface area contributed by atoms with E-state index < -0.39 is 11.9 Å². The first-order chi connectivity index (χ1) is 9.47. The van der Waals surface area contributed by atoms with Crippen LogP contribution in [-0.4, -0.2) is 22.0 Å². The Labute approximate surface area is 124 Å². The summed E-state index contributed by atoms with van der Waals surface area (Å²) in [5.41, 5.74) is 0.339. The van der Waals surface area contributed by atoms with Crippen LogP contribution in [0.4, 0.5) is 5.69 Å². The highest BCUT2D eigenvalue weighted by Crippen LogP contribution is 2.21. The fraction of sp³-hybridized carbons (Fsp3) is 0. The number of hydrogen-bond acceptors (Lipinski definition) is 3. The number of rotatable bonds is 3. The van der Waals surface area contributed by atoms with E-state index >= 15 is 0 Å². The average Bonchev–Trinajstić information content (AvgIpc) is 2.40. The van der Waals surface area contributed by atoms with Gasteiger partial charge in [-0.1, -0.05) is 29.3 Å². The number of carbonyl (C=O) groups excluding carboxylic acids is 1. The maximum absolute atomic E-state index is 11.9. The zero-order valence-electron chi connectivity index (χ0n) is 9.93. The Hall–Kier alpha value is -2.11. The number of pyridine rings is 1. The summed E-state index contributed by atoms with van der Waals surface area (Å²) in [7, 11) is 0. The zero-order valence-corrected chi connectivity index (χ0v) is 11.4. The van der Waals surface area contributed by atoms with Crippen LogP contribution in [0.2, 0.25) is 10.2 Å². The summed E-state index contributed by atoms with van der Waals surface area (Å²) in [5.74, 6) is -1.67. The van der Waals surface area contributed by atoms with Gasteiger partial charge in [0.05, 0.1) is 10.6 Å². The molecule has 2 N–H and O–H groups in total. The lowest BCUT2D eigenvalue weighted by molar-refractivity contribution is 0.0696. The molecule has 0 unspecified atom stereocenters. The minimum atomic E-state index is -1.17. The molecule has 0 aliphatic heterocycles. The molecule has 0 bridgehead atoms. The zero-order chi connectivity index (χ0) is 14.7. The SMILES string of the molecule is O=C(Nc1ccc(Cl)c(C(=O)O)c1)c1cccc(Cl)n1. The van der Waals surface area contributed by atoms with Crippen LogP contribution in [0.25, 0.3) is 0 Å². The number of aromatic carboxylic acids is 1. The van der Waals surface area contributed by atoms with Crippen molar-refractivity contribution in [3.05, 3.63) is 57.8 Å². The number of anilines is 1. The maximum atomic E-state index is 11.9. The van der Waals surface area contributed by atoms with Gasteiger partial charge in [-0.25, -0.2) is 9.78 Å². The second kappa shape index (κ2) is 5.90. The van der Waals surface area contributed by atoms with Gasteiger partial charge in [-0.05, 0) is 30.3 Å². The number of halogens is 2. The second-order valence-electron chi connectivity index (χ2n) is 3.80. The van der Waals surface area contributed by atoms with Gasteiger partial charge in [0.15, 0.2) is 0 Å². The third-order valence-electron chi connectivity index (χ3n) is 2.40. The molecule has 0 aliphatic carbocycles. The molecule has 0 aliphatic rings. The summed E-state index contributed by atoms with van der Waals surface area (Å²) in [6, 6.07) is 8.80. The summed E-state index contributed by atoms with van der Waals surface area (Å²) < 4.78 is 0. The van der Waals surface area contributed by atoms with Crippen molar-refractivity contribution in [2.75, 3.05) is 5.32 Å². The highest BCUT2D eigenvalue weighted by molar-refractivity contribution is 6.33. The molecule has 102 valence electrons. The summed E-state index contributed by atoms with van der Waals surface area (Å²) in [6.07, 6.45) is 0. The smallest absolute Gasteiger partial charge is 0.337 e. The highest BCUT2D eigenvalue weighted by atomic mass is 35.5. The van der Waals surface area contributed by atoms with E-state index in [1.165, 1.54) is 24.3 Å². The number of carbonyl (C=O) groups is 2. The molecule has 0 atom stereocenters. The van der Waals surface area contributed by atoms with Crippen LogP contribution in [0, 0.1) is 0 Å². The van der Waals surface area contributed by atoms with Crippen molar-refractivity contribution >= 4 is 40.8 Å². The molecule has 0 radical (unpaired) electrons. The fourth-order valence-corrected chi connectivity index (χ4v) is 1.86. The third-order valence-corrected chi connectivity index (χ3v) is 2.94. The molecule has 0 saturated heterocycles. The highest BCUT2D eigenvalue weighted by Gasteiger charge is 2.12. The minimum Gasteiger partial charge on any atom is -0.478 e. The van der Waals surface area contributed by atoms with Gasteiger partial charge in [0.2, 0.25) is 0 Å². The Bertz CT molecular complexity index is 689. The average molecular weight is 311 g/mol. The van der Waals surface area contributed by atoms with E-state index in [0.29, 0.717) is 5.69 Å². The van der Waals surface area contributed by atoms with Gasteiger partial charge in [0, 0.05) is 5.69 Å². The second-order valence-corrected chi connectivity index (χ2v) is 4.59. The van der Waals surface area contributed by atoms with Crippen LogP contribution in [0.15, 0.2) is 36.4 Å². The van der Waals surface area contributed by atoms with Gasteiger partial charge in [-0.3, -0.25) is 4.79 Å². The maximum Gasteiger partial charge on any atom is 0.337 e. The molecule has 20 heavy (non-hydrogen) atoms. The van der Waals surface area contributed by atoms with Crippen LogP contribution in [0.1, 0.15) is 20.8 Å². The lowest BCUT2D eigenvalue weighted by atomic mass is 10.2. The van der Waals surface area contributed by atoms with Gasteiger partial charge < -0.3 is 10.4 Å². The molecule has 1 heterocycles. The van der Waals surface area contributed by atoms with Crippen molar-refractivity contribution < 1.29 is 14.7 Å². The van der Waals surface area contributed by atoms with E-state index in [2.05, 4.69) is 10.3 Å². The number of nitrogens with zero attached hydrogens (tertiary/aromatic N) is 1. The van der Waals surface area contributed by atoms with E-state index in [9.17, 15) is 9.59 Å². The summed E-state index contributed by atoms with van der Waals surface area (Å²) >= 11 is 11.4. The molecule has 2 rings (SSSR count). The molecule has 7 heteroatoms. The lowest BCUT2D eigenvalue weighted by Gasteiger charge is -2.07. The molecule has 0 fully saturated rings. The molecule has 1 aromatic carbocycles. The number of benzene rings is 1. The van der Waals surface area contributed by atoms with E-state index in [0.717, 1.165) is 0 Å². The monoisotopic (exact) mass is 310 g/mol.